The van der Waals surface area contributed by atoms with Crippen LogP contribution in [-0.4, -0.2) is 59.5 Å². The first kappa shape index (κ1) is 21.1. The quantitative estimate of drug-likeness (QED) is 0.674. The molecule has 0 aromatic carbocycles. The van der Waals surface area contributed by atoms with Gasteiger partial charge in [0.1, 0.15) is 13.2 Å². The van der Waals surface area contributed by atoms with Crippen molar-refractivity contribution in [3.8, 4) is 0 Å². The van der Waals surface area contributed by atoms with Gasteiger partial charge in [-0.3, -0.25) is 0 Å². The molecule has 162 valence electrons. The van der Waals surface area contributed by atoms with Gasteiger partial charge in [0.25, 0.3) is 0 Å². The van der Waals surface area contributed by atoms with Crippen molar-refractivity contribution >= 4 is 11.8 Å². The molecule has 0 amide bonds. The van der Waals surface area contributed by atoms with Gasteiger partial charge in [-0.15, -0.1) is 0 Å². The van der Waals surface area contributed by atoms with Crippen LogP contribution in [-0.2, 0) is 9.47 Å². The number of hydrogen-bond donors (Lipinski definition) is 2. The Hall–Kier alpha value is -2.18. The lowest BCUT2D eigenvalue weighted by Gasteiger charge is -2.29. The molecule has 2 N–H and O–H groups in total. The van der Waals surface area contributed by atoms with E-state index in [1.54, 1.807) is 0 Å². The summed E-state index contributed by atoms with van der Waals surface area (Å²) in [5, 5.41) is 22.2. The fraction of sp³-hybridized carbons (Fsp3) is 0.583. The molecule has 0 bridgehead atoms. The summed E-state index contributed by atoms with van der Waals surface area (Å²) >= 11 is 0. The summed E-state index contributed by atoms with van der Waals surface area (Å²) in [6.45, 7) is 9.60. The van der Waals surface area contributed by atoms with Crippen molar-refractivity contribution < 1.29 is 19.7 Å². The van der Waals surface area contributed by atoms with E-state index in [1.807, 2.05) is 36.5 Å². The number of aliphatic hydroxyl groups is 2. The molecule has 2 heterocycles. The Bertz CT molecular complexity index is 779. The number of rotatable bonds is 7. The summed E-state index contributed by atoms with van der Waals surface area (Å²) in [4.78, 5) is 9.38. The number of nitrogens with zero attached hydrogens (tertiary/aromatic N) is 2. The molecule has 4 aliphatic rings. The predicted octanol–water partition coefficient (Wildman–Crippen LogP) is 2.84. The molecule has 0 fully saturated rings. The summed E-state index contributed by atoms with van der Waals surface area (Å²) in [6.07, 6.45) is 9.42. The van der Waals surface area contributed by atoms with Gasteiger partial charge in [0.2, 0.25) is 11.8 Å². The summed E-state index contributed by atoms with van der Waals surface area (Å²) in [5.74, 6) is 1.21. The maximum Gasteiger partial charge on any atom is 0.213 e. The molecule has 0 saturated carbocycles. The molecule has 0 spiro atoms. The van der Waals surface area contributed by atoms with Crippen LogP contribution in [0.3, 0.4) is 0 Å². The summed E-state index contributed by atoms with van der Waals surface area (Å²) < 4.78 is 11.6. The van der Waals surface area contributed by atoms with E-state index in [-0.39, 0.29) is 23.9 Å². The number of aliphatic imine (C=N–C) groups is 2. The molecule has 0 aromatic heterocycles. The molecule has 2 aliphatic heterocycles. The van der Waals surface area contributed by atoms with Crippen molar-refractivity contribution in [2.45, 2.75) is 52.0 Å². The first-order valence-corrected chi connectivity index (χ1v) is 10.9. The molecule has 6 heteroatoms. The van der Waals surface area contributed by atoms with Crippen LogP contribution >= 0.6 is 0 Å². The fourth-order valence-electron chi connectivity index (χ4n) is 4.21. The number of allylic oxidation sites excluding steroid dienone is 4. The molecular weight excluding hydrogens is 380 g/mol. The summed E-state index contributed by atoms with van der Waals surface area (Å²) in [7, 11) is 0. The highest BCUT2D eigenvalue weighted by Crippen LogP contribution is 2.35. The van der Waals surface area contributed by atoms with Crippen LogP contribution in [0.15, 0.2) is 57.6 Å². The number of aliphatic hydroxyl groups excluding tert-OH is 2. The van der Waals surface area contributed by atoms with E-state index in [0.717, 1.165) is 11.1 Å². The van der Waals surface area contributed by atoms with E-state index >= 15 is 0 Å². The van der Waals surface area contributed by atoms with Crippen LogP contribution in [0.5, 0.6) is 0 Å². The first-order chi connectivity index (χ1) is 14.4. The molecular formula is C24H32N2O4. The topological polar surface area (TPSA) is 83.6 Å². The van der Waals surface area contributed by atoms with Gasteiger partial charge in [-0.1, -0.05) is 64.2 Å². The van der Waals surface area contributed by atoms with Crippen LogP contribution in [0.25, 0.3) is 0 Å². The van der Waals surface area contributed by atoms with Crippen LogP contribution in [0.4, 0.5) is 0 Å². The normalized spacial score (nSPS) is 32.1. The van der Waals surface area contributed by atoms with Gasteiger partial charge >= 0.3 is 0 Å². The van der Waals surface area contributed by atoms with Gasteiger partial charge in [0, 0.05) is 23.0 Å². The summed E-state index contributed by atoms with van der Waals surface area (Å²) in [5.41, 5.74) is 1.65. The molecule has 0 radical (unpaired) electrons. The van der Waals surface area contributed by atoms with Crippen molar-refractivity contribution in [1.29, 1.82) is 0 Å². The second kappa shape index (κ2) is 8.52. The van der Waals surface area contributed by atoms with E-state index in [1.165, 1.54) is 0 Å². The number of ether oxygens (including phenoxy) is 2. The third kappa shape index (κ3) is 3.91. The van der Waals surface area contributed by atoms with Gasteiger partial charge in [-0.25, -0.2) is 9.98 Å². The van der Waals surface area contributed by atoms with Gasteiger partial charge < -0.3 is 19.7 Å². The highest BCUT2D eigenvalue weighted by Gasteiger charge is 2.40. The second-order valence-electron chi connectivity index (χ2n) is 9.16. The molecule has 6 nitrogen and oxygen atoms in total. The van der Waals surface area contributed by atoms with Crippen molar-refractivity contribution in [3.63, 3.8) is 0 Å². The molecule has 6 atom stereocenters. The lowest BCUT2D eigenvalue weighted by molar-refractivity contribution is -0.0110. The van der Waals surface area contributed by atoms with Crippen molar-refractivity contribution in [2.75, 3.05) is 13.2 Å². The van der Waals surface area contributed by atoms with E-state index < -0.39 is 12.2 Å². The standard InChI is InChI=1S/C24H32N2O4/c1-13(2)19-11-29-23(25-19)17-9-5-7-15(17)21(27)22(28)16-8-6-10-18(16)24-26-20(12-30-24)14(3)4/h5-10,13-16,19-22,27-28H,11-12H2,1-4H3/t15?,16?,19?,20?,21-,22-/m1/s1. The second-order valence-corrected chi connectivity index (χ2v) is 9.16. The van der Waals surface area contributed by atoms with Gasteiger partial charge in [-0.05, 0) is 11.8 Å². The Morgan fingerprint density at radius 2 is 1.17 bits per heavy atom. The average Bonchev–Trinajstić information content (AvgIpc) is 3.51. The SMILES string of the molecule is CC(C)C1COC(C2=CC=CC2[C@@H](O)[C@H](O)C2C=CC=C2C2=NC(C(C)C)CO2)=N1. The van der Waals surface area contributed by atoms with E-state index in [0.29, 0.717) is 36.8 Å². The molecule has 0 aromatic rings. The van der Waals surface area contributed by atoms with Gasteiger partial charge in [0.15, 0.2) is 0 Å². The Morgan fingerprint density at radius 1 is 0.767 bits per heavy atom. The molecule has 4 unspecified atom stereocenters. The maximum absolute atomic E-state index is 11.1. The smallest absolute Gasteiger partial charge is 0.213 e. The minimum atomic E-state index is -1.00. The van der Waals surface area contributed by atoms with Crippen LogP contribution in [0.1, 0.15) is 27.7 Å². The van der Waals surface area contributed by atoms with E-state index in [2.05, 4.69) is 27.7 Å². The van der Waals surface area contributed by atoms with Crippen molar-refractivity contribution in [2.24, 2.45) is 33.7 Å². The first-order valence-electron chi connectivity index (χ1n) is 10.9. The molecule has 4 rings (SSSR count). The zero-order valence-corrected chi connectivity index (χ0v) is 18.1. The maximum atomic E-state index is 11.1. The zero-order chi connectivity index (χ0) is 21.4. The Morgan fingerprint density at radius 3 is 1.50 bits per heavy atom. The van der Waals surface area contributed by atoms with Crippen LogP contribution in [0, 0.1) is 23.7 Å². The third-order valence-electron chi connectivity index (χ3n) is 6.37. The third-order valence-corrected chi connectivity index (χ3v) is 6.37. The zero-order valence-electron chi connectivity index (χ0n) is 18.1. The Balaban J connectivity index is 1.48. The van der Waals surface area contributed by atoms with E-state index in [9.17, 15) is 10.2 Å². The number of hydrogen-bond acceptors (Lipinski definition) is 6. The fourth-order valence-corrected chi connectivity index (χ4v) is 4.21. The molecule has 0 saturated heterocycles. The molecule has 30 heavy (non-hydrogen) atoms. The lowest BCUT2D eigenvalue weighted by atomic mass is 9.84. The predicted molar refractivity (Wildman–Crippen MR) is 117 cm³/mol. The highest BCUT2D eigenvalue weighted by molar-refractivity contribution is 5.97. The van der Waals surface area contributed by atoms with Crippen LogP contribution in [0.2, 0.25) is 0 Å². The van der Waals surface area contributed by atoms with Crippen LogP contribution < -0.4 is 0 Å². The Labute approximate surface area is 178 Å². The highest BCUT2D eigenvalue weighted by atomic mass is 16.5. The van der Waals surface area contributed by atoms with Crippen molar-refractivity contribution in [1.82, 2.24) is 0 Å². The van der Waals surface area contributed by atoms with Gasteiger partial charge in [-0.2, -0.15) is 0 Å². The summed E-state index contributed by atoms with van der Waals surface area (Å²) in [6, 6.07) is 0.255. The lowest BCUT2D eigenvalue weighted by Crippen LogP contribution is -2.40. The largest absolute Gasteiger partial charge is 0.475 e. The minimum Gasteiger partial charge on any atom is -0.475 e. The minimum absolute atomic E-state index is 0.128. The monoisotopic (exact) mass is 412 g/mol. The van der Waals surface area contributed by atoms with Gasteiger partial charge in [0.05, 0.1) is 24.3 Å². The Kier molecular flexibility index (Phi) is 5.98. The van der Waals surface area contributed by atoms with E-state index in [4.69, 9.17) is 19.5 Å². The average molecular weight is 413 g/mol. The molecule has 2 aliphatic carbocycles. The van der Waals surface area contributed by atoms with Crippen molar-refractivity contribution in [3.05, 3.63) is 47.6 Å².